The monoisotopic (exact) mass is 710 g/mol. The van der Waals surface area contributed by atoms with E-state index in [0.29, 0.717) is 24.5 Å². The van der Waals surface area contributed by atoms with Crippen molar-refractivity contribution in [2.45, 2.75) is 70.6 Å². The SMILES string of the molecule is C=C(C)[C@H](NC(=O)OC)C(=O)N1CCC[C@H]1c1ncc(-c2ccc(-c3ccc4nc([C@@H]5CCCN5C(=O)[C@@H](NC(=O)OC)C(C)C)[nH]c4c3)cc2)[nH]1. The number of aromatic amines is 2. The van der Waals surface area contributed by atoms with Crippen LogP contribution in [0.25, 0.3) is 33.4 Å². The molecule has 2 aromatic carbocycles. The van der Waals surface area contributed by atoms with Gasteiger partial charge in [-0.05, 0) is 72.9 Å². The first-order chi connectivity index (χ1) is 25.0. The summed E-state index contributed by atoms with van der Waals surface area (Å²) in [4.78, 5) is 70.8. The minimum Gasteiger partial charge on any atom is -0.453 e. The van der Waals surface area contributed by atoms with Crippen molar-refractivity contribution >= 4 is 35.0 Å². The van der Waals surface area contributed by atoms with E-state index >= 15 is 0 Å². The van der Waals surface area contributed by atoms with E-state index in [9.17, 15) is 19.2 Å². The predicted molar refractivity (Wildman–Crippen MR) is 195 cm³/mol. The molecule has 0 radical (unpaired) electrons. The molecule has 0 saturated carbocycles. The Balaban J connectivity index is 1.16. The van der Waals surface area contributed by atoms with Gasteiger partial charge in [0.2, 0.25) is 11.8 Å². The average molecular weight is 711 g/mol. The van der Waals surface area contributed by atoms with Gasteiger partial charge in [-0.25, -0.2) is 19.6 Å². The van der Waals surface area contributed by atoms with Crippen LogP contribution in [-0.2, 0) is 19.1 Å². The Hall–Kier alpha value is -5.66. The highest BCUT2D eigenvalue weighted by atomic mass is 16.5. The number of imidazole rings is 2. The highest BCUT2D eigenvalue weighted by molar-refractivity contribution is 5.89. The van der Waals surface area contributed by atoms with Crippen LogP contribution in [0.5, 0.6) is 0 Å². The van der Waals surface area contributed by atoms with Gasteiger partial charge < -0.3 is 39.9 Å². The molecular formula is C38H46N8O6. The molecule has 0 unspecified atom stereocenters. The van der Waals surface area contributed by atoms with Crippen molar-refractivity contribution in [3.8, 4) is 22.4 Å². The third kappa shape index (κ3) is 7.37. The highest BCUT2D eigenvalue weighted by Crippen LogP contribution is 2.35. The zero-order valence-electron chi connectivity index (χ0n) is 30.2. The van der Waals surface area contributed by atoms with E-state index in [1.54, 1.807) is 18.0 Å². The number of ether oxygens (including phenoxy) is 2. The topological polar surface area (TPSA) is 175 Å². The van der Waals surface area contributed by atoms with E-state index in [0.717, 1.165) is 64.9 Å². The number of nitrogens with one attached hydrogen (secondary N) is 4. The summed E-state index contributed by atoms with van der Waals surface area (Å²) in [6.45, 7) is 10.5. The third-order valence-electron chi connectivity index (χ3n) is 9.91. The number of nitrogens with zero attached hydrogens (tertiary/aromatic N) is 4. The van der Waals surface area contributed by atoms with Crippen molar-refractivity contribution in [1.29, 1.82) is 0 Å². The molecule has 2 aliphatic rings. The number of benzene rings is 2. The molecule has 2 fully saturated rings. The number of aromatic nitrogens is 4. The first-order valence-electron chi connectivity index (χ1n) is 17.6. The number of amides is 4. The van der Waals surface area contributed by atoms with Crippen LogP contribution in [0.15, 0.2) is 60.8 Å². The lowest BCUT2D eigenvalue weighted by molar-refractivity contribution is -0.135. The average Bonchev–Trinajstić information content (AvgIpc) is 3.97. The molecule has 14 nitrogen and oxygen atoms in total. The molecule has 0 aliphatic carbocycles. The number of carbonyl (C=O) groups excluding carboxylic acids is 4. The number of likely N-dealkylation sites (tertiary alicyclic amines) is 2. The van der Waals surface area contributed by atoms with Crippen molar-refractivity contribution in [1.82, 2.24) is 40.4 Å². The van der Waals surface area contributed by atoms with Crippen LogP contribution >= 0.6 is 0 Å². The summed E-state index contributed by atoms with van der Waals surface area (Å²) in [5.41, 5.74) is 6.00. The molecule has 2 aliphatic heterocycles. The van der Waals surface area contributed by atoms with Gasteiger partial charge in [-0.1, -0.05) is 50.8 Å². The molecule has 274 valence electrons. The van der Waals surface area contributed by atoms with Gasteiger partial charge in [0.25, 0.3) is 0 Å². The number of H-pyrrole nitrogens is 2. The molecule has 2 saturated heterocycles. The number of hydrogen-bond donors (Lipinski definition) is 4. The van der Waals surface area contributed by atoms with Crippen LogP contribution in [-0.4, -0.2) is 93.1 Å². The van der Waals surface area contributed by atoms with E-state index < -0.39 is 24.3 Å². The molecule has 2 aromatic heterocycles. The van der Waals surface area contributed by atoms with E-state index in [1.807, 2.05) is 55.1 Å². The molecular weight excluding hydrogens is 664 g/mol. The van der Waals surface area contributed by atoms with Crippen LogP contribution in [0.4, 0.5) is 9.59 Å². The van der Waals surface area contributed by atoms with Crippen LogP contribution in [0, 0.1) is 5.92 Å². The second kappa shape index (κ2) is 15.3. The summed E-state index contributed by atoms with van der Waals surface area (Å²) < 4.78 is 9.46. The minimum absolute atomic E-state index is 0.112. The van der Waals surface area contributed by atoms with Crippen LogP contribution in [0.1, 0.15) is 70.2 Å². The quantitative estimate of drug-likeness (QED) is 0.153. The lowest BCUT2D eigenvalue weighted by atomic mass is 10.0. The van der Waals surface area contributed by atoms with E-state index in [4.69, 9.17) is 14.5 Å². The van der Waals surface area contributed by atoms with Crippen LogP contribution in [0.2, 0.25) is 0 Å². The largest absolute Gasteiger partial charge is 0.453 e. The first kappa shape index (κ1) is 36.1. The van der Waals surface area contributed by atoms with Crippen LogP contribution in [0.3, 0.4) is 0 Å². The normalized spacial score (nSPS) is 18.3. The van der Waals surface area contributed by atoms with E-state index in [1.165, 1.54) is 14.2 Å². The van der Waals surface area contributed by atoms with Crippen molar-refractivity contribution in [2.75, 3.05) is 27.3 Å². The van der Waals surface area contributed by atoms with Crippen molar-refractivity contribution in [3.63, 3.8) is 0 Å². The minimum atomic E-state index is -0.886. The predicted octanol–water partition coefficient (Wildman–Crippen LogP) is 5.63. The Morgan fingerprint density at radius 3 is 2.06 bits per heavy atom. The van der Waals surface area contributed by atoms with Gasteiger partial charge in [-0.15, -0.1) is 0 Å². The fraction of sp³-hybridized carbons (Fsp3) is 0.421. The van der Waals surface area contributed by atoms with Gasteiger partial charge in [0.15, 0.2) is 0 Å². The second-order valence-electron chi connectivity index (χ2n) is 13.8. The fourth-order valence-corrected chi connectivity index (χ4v) is 7.11. The molecule has 4 N–H and O–H groups in total. The maximum atomic E-state index is 13.6. The Bertz CT molecular complexity index is 1970. The summed E-state index contributed by atoms with van der Waals surface area (Å²) in [7, 11) is 2.54. The van der Waals surface area contributed by atoms with Gasteiger partial charge in [-0.2, -0.15) is 0 Å². The van der Waals surface area contributed by atoms with Crippen molar-refractivity contribution in [2.24, 2.45) is 5.92 Å². The van der Waals surface area contributed by atoms with Gasteiger partial charge in [0, 0.05) is 13.1 Å². The maximum absolute atomic E-state index is 13.6. The van der Waals surface area contributed by atoms with Gasteiger partial charge in [-0.3, -0.25) is 9.59 Å². The fourth-order valence-electron chi connectivity index (χ4n) is 7.11. The number of methoxy groups -OCH3 is 2. The van der Waals surface area contributed by atoms with Gasteiger partial charge in [0.1, 0.15) is 23.7 Å². The molecule has 4 atom stereocenters. The van der Waals surface area contributed by atoms with Crippen molar-refractivity contribution < 1.29 is 28.7 Å². The van der Waals surface area contributed by atoms with Crippen LogP contribution < -0.4 is 10.6 Å². The Kier molecular flexibility index (Phi) is 10.6. The maximum Gasteiger partial charge on any atom is 0.407 e. The number of hydrogen-bond acceptors (Lipinski definition) is 8. The zero-order valence-corrected chi connectivity index (χ0v) is 30.2. The summed E-state index contributed by atoms with van der Waals surface area (Å²) in [6.07, 6.45) is 3.63. The molecule has 52 heavy (non-hydrogen) atoms. The lowest BCUT2D eigenvalue weighted by Gasteiger charge is -2.29. The standard InChI is InChI=1S/C38H46N8O6/c1-21(2)31(43-37(49)51-5)35(47)45-17-7-9-29(45)33-39-20-28(42-33)24-13-11-23(12-14-24)25-15-16-26-27(19-25)41-34(40-26)30-10-8-18-46(30)36(48)32(22(3)4)44-38(50)52-6/h11-16,19-20,22,29-32H,1,7-10,17-18H2,2-6H3,(H,39,42)(H,40,41)(H,43,49)(H,44,50)/t29-,30-,31-,32-/m0/s1. The Labute approximate surface area is 302 Å². The zero-order chi connectivity index (χ0) is 37.1. The molecule has 0 spiro atoms. The molecule has 4 amide bonds. The highest BCUT2D eigenvalue weighted by Gasteiger charge is 2.38. The summed E-state index contributed by atoms with van der Waals surface area (Å²) in [5.74, 6) is 0.907. The Morgan fingerprint density at radius 2 is 1.42 bits per heavy atom. The smallest absolute Gasteiger partial charge is 0.407 e. The molecule has 4 aromatic rings. The van der Waals surface area contributed by atoms with E-state index in [-0.39, 0.29) is 29.8 Å². The second-order valence-corrected chi connectivity index (χ2v) is 13.8. The third-order valence-corrected chi connectivity index (χ3v) is 9.91. The Morgan fingerprint density at radius 1 is 0.827 bits per heavy atom. The first-order valence-corrected chi connectivity index (χ1v) is 17.6. The summed E-state index contributed by atoms with van der Waals surface area (Å²) in [6, 6.07) is 12.2. The molecule has 6 rings (SSSR count). The number of fused-ring (bicyclic) bond motifs is 1. The molecule has 14 heteroatoms. The number of rotatable bonds is 10. The van der Waals surface area contributed by atoms with E-state index in [2.05, 4.69) is 38.2 Å². The number of carbonyl (C=O) groups is 4. The van der Waals surface area contributed by atoms with Gasteiger partial charge >= 0.3 is 12.2 Å². The lowest BCUT2D eigenvalue weighted by Crippen LogP contribution is -2.51. The summed E-state index contributed by atoms with van der Waals surface area (Å²) in [5, 5.41) is 5.28. The summed E-state index contributed by atoms with van der Waals surface area (Å²) >= 11 is 0. The number of alkyl carbamates (subject to hydrolysis) is 2. The molecule has 0 bridgehead atoms. The van der Waals surface area contributed by atoms with Gasteiger partial charge in [0.05, 0.1) is 49.2 Å². The molecule has 4 heterocycles. The van der Waals surface area contributed by atoms with Crippen molar-refractivity contribution in [3.05, 3.63) is 72.5 Å².